The summed E-state index contributed by atoms with van der Waals surface area (Å²) in [5.41, 5.74) is 5.83. The van der Waals surface area contributed by atoms with Crippen molar-refractivity contribution in [2.75, 3.05) is 11.5 Å². The molecule has 0 fully saturated rings. The maximum absolute atomic E-state index is 5.83. The number of nitrogens with two attached hydrogens (primary N) is 1. The van der Waals surface area contributed by atoms with Crippen molar-refractivity contribution in [1.82, 2.24) is 0 Å². The van der Waals surface area contributed by atoms with Gasteiger partial charge in [-0.3, -0.25) is 0 Å². The van der Waals surface area contributed by atoms with Crippen LogP contribution in [0.3, 0.4) is 0 Å². The second kappa shape index (κ2) is 14.8. The molecule has 0 aromatic heterocycles. The molecule has 0 aliphatic carbocycles. The Balaban J connectivity index is 0. The van der Waals surface area contributed by atoms with Crippen LogP contribution in [0.2, 0.25) is 0 Å². The van der Waals surface area contributed by atoms with Gasteiger partial charge in [0.05, 0.1) is 0 Å². The quantitative estimate of drug-likeness (QED) is 0.270. The Hall–Kier alpha value is 0.759. The minimum Gasteiger partial charge on any atom is -0.386 e. The molecule has 2 N–H and O–H groups in total. The summed E-state index contributed by atoms with van der Waals surface area (Å²) in [7, 11) is -0.144. The van der Waals surface area contributed by atoms with Crippen LogP contribution < -0.4 is 5.73 Å². The van der Waals surface area contributed by atoms with Crippen molar-refractivity contribution in [2.24, 2.45) is 5.73 Å². The fourth-order valence-corrected chi connectivity index (χ4v) is 4.21. The summed E-state index contributed by atoms with van der Waals surface area (Å²) in [6.45, 7) is 4.50. The Labute approximate surface area is 127 Å². The molecule has 0 unspecified atom stereocenters. The van der Waals surface area contributed by atoms with Gasteiger partial charge in [-0.25, -0.2) is 10.9 Å². The first-order valence-corrected chi connectivity index (χ1v) is 8.88. The van der Waals surface area contributed by atoms with Crippen LogP contribution in [0.15, 0.2) is 0 Å². The monoisotopic (exact) mass is 319 g/mol. The van der Waals surface area contributed by atoms with Crippen LogP contribution in [0.4, 0.5) is 0 Å². The van der Waals surface area contributed by atoms with E-state index < -0.39 is 0 Å². The number of rotatable bonds is 10. The predicted molar refractivity (Wildman–Crippen MR) is 83.8 cm³/mol. The Morgan fingerprint density at radius 2 is 1.29 bits per heavy atom. The molecular weight excluding hydrogens is 290 g/mol. The van der Waals surface area contributed by atoms with Gasteiger partial charge in [-0.1, -0.05) is 64.6 Å². The van der Waals surface area contributed by atoms with Gasteiger partial charge in [0.2, 0.25) is 0 Å². The van der Waals surface area contributed by atoms with E-state index in [0.717, 1.165) is 4.32 Å². The molecule has 0 spiro atoms. The standard InChI is InChI=1S/C13H29NS2.Fe/c1-3-5-7-9-11-16(13(14)15)12-10-8-6-4-2;/h16H,3-12H2,1-2H3,(H2,14,15);. The van der Waals surface area contributed by atoms with Crippen molar-refractivity contribution < 1.29 is 17.1 Å². The van der Waals surface area contributed by atoms with Crippen LogP contribution in [0.5, 0.6) is 0 Å². The van der Waals surface area contributed by atoms with Gasteiger partial charge in [-0.15, -0.1) is 0 Å². The predicted octanol–water partition coefficient (Wildman–Crippen LogP) is 4.39. The van der Waals surface area contributed by atoms with E-state index >= 15 is 0 Å². The molecule has 0 aromatic carbocycles. The molecule has 0 saturated carbocycles. The van der Waals surface area contributed by atoms with Crippen molar-refractivity contribution in [3.05, 3.63) is 0 Å². The van der Waals surface area contributed by atoms with E-state index in [4.69, 9.17) is 18.0 Å². The van der Waals surface area contributed by atoms with Crippen LogP contribution in [0.25, 0.3) is 0 Å². The molecule has 0 saturated heterocycles. The second-order valence-corrected chi connectivity index (χ2v) is 7.64. The smallest absolute Gasteiger partial charge is 0.111 e. The molecular formula is C13H29FeNS2. The minimum absolute atomic E-state index is 0. The fraction of sp³-hybridized carbons (Fsp3) is 0.923. The van der Waals surface area contributed by atoms with E-state index in [2.05, 4.69) is 13.8 Å². The summed E-state index contributed by atoms with van der Waals surface area (Å²) in [5, 5.41) is 0. The number of hydrogen-bond acceptors (Lipinski definition) is 1. The Morgan fingerprint density at radius 1 is 0.882 bits per heavy atom. The van der Waals surface area contributed by atoms with E-state index in [-0.39, 0.29) is 28.0 Å². The summed E-state index contributed by atoms with van der Waals surface area (Å²) < 4.78 is 0.808. The number of hydrogen-bond donors (Lipinski definition) is 2. The molecule has 0 rings (SSSR count). The SMILES string of the molecule is CCCCCC[SH](CCCCCC)C(N)=S.[Fe]. The van der Waals surface area contributed by atoms with Crippen LogP contribution in [-0.2, 0) is 17.1 Å². The maximum Gasteiger partial charge on any atom is 0.111 e. The van der Waals surface area contributed by atoms with Gasteiger partial charge in [0.1, 0.15) is 4.32 Å². The first-order chi connectivity index (χ1) is 7.72. The van der Waals surface area contributed by atoms with Gasteiger partial charge >= 0.3 is 0 Å². The topological polar surface area (TPSA) is 26.0 Å². The zero-order chi connectivity index (χ0) is 12.2. The third-order valence-corrected chi connectivity index (χ3v) is 5.98. The molecule has 0 aliphatic heterocycles. The van der Waals surface area contributed by atoms with Crippen LogP contribution >= 0.6 is 23.1 Å². The largest absolute Gasteiger partial charge is 0.386 e. The Kier molecular flexibility index (Phi) is 17.5. The van der Waals surface area contributed by atoms with Crippen molar-refractivity contribution in [3.63, 3.8) is 0 Å². The zero-order valence-corrected chi connectivity index (χ0v) is 14.2. The average molecular weight is 319 g/mol. The molecule has 0 aliphatic rings. The van der Waals surface area contributed by atoms with Crippen molar-refractivity contribution in [1.29, 1.82) is 0 Å². The first kappa shape index (κ1) is 20.1. The van der Waals surface area contributed by atoms with Gasteiger partial charge in [0.15, 0.2) is 0 Å². The summed E-state index contributed by atoms with van der Waals surface area (Å²) in [5.74, 6) is 2.55. The van der Waals surface area contributed by atoms with E-state index in [1.54, 1.807) is 0 Å². The van der Waals surface area contributed by atoms with Gasteiger partial charge in [0.25, 0.3) is 0 Å². The number of unbranched alkanes of at least 4 members (excludes halogenated alkanes) is 6. The van der Waals surface area contributed by atoms with Gasteiger partial charge in [-0.05, 0) is 24.3 Å². The van der Waals surface area contributed by atoms with E-state index in [9.17, 15) is 0 Å². The first-order valence-electron chi connectivity index (χ1n) is 6.76. The van der Waals surface area contributed by atoms with E-state index in [1.165, 1.54) is 62.9 Å². The molecule has 0 bridgehead atoms. The zero-order valence-electron chi connectivity index (χ0n) is 11.4. The van der Waals surface area contributed by atoms with E-state index in [0.29, 0.717) is 0 Å². The minimum atomic E-state index is -0.144. The molecule has 17 heavy (non-hydrogen) atoms. The third-order valence-electron chi connectivity index (χ3n) is 2.87. The normalized spacial score (nSPS) is 10.8. The van der Waals surface area contributed by atoms with Crippen LogP contribution in [-0.4, -0.2) is 15.8 Å². The fourth-order valence-electron chi connectivity index (χ4n) is 1.79. The molecule has 0 amide bonds. The summed E-state index contributed by atoms with van der Waals surface area (Å²) in [4.78, 5) is 0. The van der Waals surface area contributed by atoms with Crippen molar-refractivity contribution >= 4 is 27.4 Å². The third kappa shape index (κ3) is 13.0. The summed E-state index contributed by atoms with van der Waals surface area (Å²) in [6.07, 6.45) is 10.7. The van der Waals surface area contributed by atoms with Gasteiger partial charge in [-0.2, -0.15) is 0 Å². The second-order valence-electron chi connectivity index (χ2n) is 4.45. The van der Waals surface area contributed by atoms with Crippen LogP contribution in [0, 0.1) is 0 Å². The maximum atomic E-state index is 5.83. The van der Waals surface area contributed by atoms with E-state index in [1.807, 2.05) is 0 Å². The molecule has 0 radical (unpaired) electrons. The molecule has 0 atom stereocenters. The van der Waals surface area contributed by atoms with Crippen LogP contribution in [0.1, 0.15) is 65.2 Å². The molecule has 0 aromatic rings. The van der Waals surface area contributed by atoms with Crippen molar-refractivity contribution in [2.45, 2.75) is 65.2 Å². The Bertz CT molecular complexity index is 165. The molecule has 0 heterocycles. The molecule has 4 heteroatoms. The average Bonchev–Trinajstić information content (AvgIpc) is 2.26. The number of thiol groups is 1. The molecule has 106 valence electrons. The summed E-state index contributed by atoms with van der Waals surface area (Å²) >= 11 is 5.18. The van der Waals surface area contributed by atoms with Crippen molar-refractivity contribution in [3.8, 4) is 0 Å². The van der Waals surface area contributed by atoms with Gasteiger partial charge < -0.3 is 5.73 Å². The number of thiocarbonyl (C=S) groups is 1. The Morgan fingerprint density at radius 3 is 1.59 bits per heavy atom. The van der Waals surface area contributed by atoms with Gasteiger partial charge in [0, 0.05) is 17.1 Å². The summed E-state index contributed by atoms with van der Waals surface area (Å²) in [6, 6.07) is 0. The molecule has 1 nitrogen and oxygen atoms in total.